The van der Waals surface area contributed by atoms with E-state index in [0.717, 1.165) is 11.6 Å². The molecule has 1 heterocycles. The summed E-state index contributed by atoms with van der Waals surface area (Å²) < 4.78 is 25.0. The zero-order valence-electron chi connectivity index (χ0n) is 16.2. The summed E-state index contributed by atoms with van der Waals surface area (Å²) in [6.45, 7) is 2.05. The van der Waals surface area contributed by atoms with Gasteiger partial charge < -0.3 is 14.6 Å². The van der Waals surface area contributed by atoms with Gasteiger partial charge in [-0.15, -0.1) is 5.10 Å². The molecule has 29 heavy (non-hydrogen) atoms. The van der Waals surface area contributed by atoms with Crippen LogP contribution in [0.1, 0.15) is 27.3 Å². The summed E-state index contributed by atoms with van der Waals surface area (Å²) in [5.74, 6) is -0.104. The van der Waals surface area contributed by atoms with Crippen LogP contribution in [0.3, 0.4) is 0 Å². The predicted molar refractivity (Wildman–Crippen MR) is 105 cm³/mol. The van der Waals surface area contributed by atoms with E-state index >= 15 is 0 Å². The Bertz CT molecular complexity index is 1060. The third-order valence-electron chi connectivity index (χ3n) is 4.41. The highest BCUT2D eigenvalue weighted by Crippen LogP contribution is 2.29. The van der Waals surface area contributed by atoms with Crippen molar-refractivity contribution in [1.82, 2.24) is 15.0 Å². The molecule has 150 valence electrons. The average Bonchev–Trinajstić information content (AvgIpc) is 3.09. The number of ketones is 1. The molecule has 2 aromatic carbocycles. The first-order valence-electron chi connectivity index (χ1n) is 8.75. The highest BCUT2D eigenvalue weighted by molar-refractivity contribution is 6.07. The number of aliphatic hydroxyl groups is 1. The van der Waals surface area contributed by atoms with Crippen molar-refractivity contribution in [3.05, 3.63) is 76.9 Å². The van der Waals surface area contributed by atoms with Gasteiger partial charge in [0.15, 0.2) is 17.2 Å². The molecule has 3 aromatic rings. The minimum Gasteiger partial charge on any atom is -0.507 e. The zero-order chi connectivity index (χ0) is 21.0. The molecular formula is C21H20FN3O4. The predicted octanol–water partition coefficient (Wildman–Crippen LogP) is 3.57. The van der Waals surface area contributed by atoms with Crippen LogP contribution in [0.15, 0.2) is 48.5 Å². The highest BCUT2D eigenvalue weighted by atomic mass is 19.1. The van der Waals surface area contributed by atoms with Crippen LogP contribution >= 0.6 is 0 Å². The maximum atomic E-state index is 13.0. The van der Waals surface area contributed by atoms with Crippen molar-refractivity contribution in [3.8, 4) is 11.5 Å². The maximum Gasteiger partial charge on any atom is 0.211 e. The number of hydrogen-bond donors (Lipinski definition) is 1. The lowest BCUT2D eigenvalue weighted by Gasteiger charge is -2.09. The molecule has 0 radical (unpaired) electrons. The van der Waals surface area contributed by atoms with Gasteiger partial charge in [-0.3, -0.25) is 4.79 Å². The quantitative estimate of drug-likeness (QED) is 0.373. The van der Waals surface area contributed by atoms with E-state index in [2.05, 4.69) is 10.3 Å². The number of ether oxygens (including phenoxy) is 2. The molecule has 0 bridgehead atoms. The number of halogens is 1. The smallest absolute Gasteiger partial charge is 0.211 e. The monoisotopic (exact) mass is 397 g/mol. The van der Waals surface area contributed by atoms with Crippen LogP contribution in [0.25, 0.3) is 5.76 Å². The molecule has 0 fully saturated rings. The number of aromatic nitrogens is 3. The Morgan fingerprint density at radius 3 is 2.48 bits per heavy atom. The number of nitrogens with zero attached hydrogens (tertiary/aromatic N) is 3. The summed E-state index contributed by atoms with van der Waals surface area (Å²) in [7, 11) is 2.99. The number of allylic oxidation sites excluding steroid dienone is 1. The topological polar surface area (TPSA) is 86.5 Å². The molecule has 0 saturated heterocycles. The van der Waals surface area contributed by atoms with E-state index < -0.39 is 5.78 Å². The van der Waals surface area contributed by atoms with Gasteiger partial charge in [-0.2, -0.15) is 0 Å². The molecule has 0 atom stereocenters. The Hall–Kier alpha value is -3.68. The lowest BCUT2D eigenvalue weighted by molar-refractivity contribution is 0.104. The summed E-state index contributed by atoms with van der Waals surface area (Å²) in [6.07, 6.45) is 1.08. The third kappa shape index (κ3) is 4.43. The van der Waals surface area contributed by atoms with Crippen LogP contribution in [-0.2, 0) is 6.54 Å². The fourth-order valence-corrected chi connectivity index (χ4v) is 2.77. The summed E-state index contributed by atoms with van der Waals surface area (Å²) in [4.78, 5) is 12.6. The Morgan fingerprint density at radius 2 is 1.83 bits per heavy atom. The van der Waals surface area contributed by atoms with Gasteiger partial charge in [0, 0.05) is 11.6 Å². The number of hydrogen-bond acceptors (Lipinski definition) is 6. The van der Waals surface area contributed by atoms with Crippen LogP contribution in [0.4, 0.5) is 4.39 Å². The minimum atomic E-state index is -0.486. The highest BCUT2D eigenvalue weighted by Gasteiger charge is 2.17. The van der Waals surface area contributed by atoms with Gasteiger partial charge in [0.1, 0.15) is 11.6 Å². The van der Waals surface area contributed by atoms with Gasteiger partial charge >= 0.3 is 0 Å². The lowest BCUT2D eigenvalue weighted by Crippen LogP contribution is -2.06. The average molecular weight is 397 g/mol. The van der Waals surface area contributed by atoms with Crippen LogP contribution in [0.5, 0.6) is 11.5 Å². The van der Waals surface area contributed by atoms with E-state index in [1.807, 2.05) is 0 Å². The van der Waals surface area contributed by atoms with E-state index in [1.165, 1.54) is 26.4 Å². The molecule has 1 aromatic heterocycles. The first-order chi connectivity index (χ1) is 13.9. The van der Waals surface area contributed by atoms with Crippen molar-refractivity contribution in [2.75, 3.05) is 14.2 Å². The van der Waals surface area contributed by atoms with Gasteiger partial charge in [-0.05, 0) is 42.8 Å². The number of carbonyl (C=O) groups excluding carboxylic acids is 1. The maximum absolute atomic E-state index is 13.0. The minimum absolute atomic E-state index is 0.124. The molecule has 0 saturated carbocycles. The number of carbonyl (C=O) groups is 1. The number of methoxy groups -OCH3 is 2. The van der Waals surface area contributed by atoms with Crippen LogP contribution in [-0.4, -0.2) is 40.1 Å². The second-order valence-electron chi connectivity index (χ2n) is 6.27. The van der Waals surface area contributed by atoms with Crippen LogP contribution in [0.2, 0.25) is 0 Å². The molecule has 7 nitrogen and oxygen atoms in total. The number of rotatable bonds is 7. The largest absolute Gasteiger partial charge is 0.507 e. The third-order valence-corrected chi connectivity index (χ3v) is 4.41. The molecule has 0 aliphatic carbocycles. The van der Waals surface area contributed by atoms with E-state index in [4.69, 9.17) is 9.47 Å². The summed E-state index contributed by atoms with van der Waals surface area (Å²) in [5, 5.41) is 18.3. The van der Waals surface area contributed by atoms with Gasteiger partial charge in [-0.1, -0.05) is 17.3 Å². The van der Waals surface area contributed by atoms with Crippen molar-refractivity contribution in [1.29, 1.82) is 0 Å². The molecular weight excluding hydrogens is 377 g/mol. The van der Waals surface area contributed by atoms with Gasteiger partial charge in [-0.25, -0.2) is 9.07 Å². The lowest BCUT2D eigenvalue weighted by atomic mass is 10.1. The van der Waals surface area contributed by atoms with E-state index in [-0.39, 0.29) is 17.3 Å². The summed E-state index contributed by atoms with van der Waals surface area (Å²) >= 11 is 0. The van der Waals surface area contributed by atoms with E-state index in [0.29, 0.717) is 29.3 Å². The van der Waals surface area contributed by atoms with Gasteiger partial charge in [0.05, 0.1) is 26.5 Å². The first-order valence-corrected chi connectivity index (χ1v) is 8.75. The van der Waals surface area contributed by atoms with Crippen molar-refractivity contribution >= 4 is 11.5 Å². The molecule has 3 rings (SSSR count). The second-order valence-corrected chi connectivity index (χ2v) is 6.27. The van der Waals surface area contributed by atoms with Crippen LogP contribution < -0.4 is 9.47 Å². The Labute approximate surface area is 167 Å². The molecule has 0 spiro atoms. The fourth-order valence-electron chi connectivity index (χ4n) is 2.77. The van der Waals surface area contributed by atoms with Crippen molar-refractivity contribution in [2.24, 2.45) is 0 Å². The Kier molecular flexibility index (Phi) is 5.92. The van der Waals surface area contributed by atoms with Gasteiger partial charge in [0.25, 0.3) is 0 Å². The normalized spacial score (nSPS) is 11.4. The van der Waals surface area contributed by atoms with Crippen molar-refractivity contribution in [2.45, 2.75) is 13.5 Å². The molecule has 0 amide bonds. The molecule has 1 N–H and O–H groups in total. The van der Waals surface area contributed by atoms with Crippen molar-refractivity contribution in [3.63, 3.8) is 0 Å². The van der Waals surface area contributed by atoms with E-state index in [1.54, 1.807) is 41.9 Å². The molecule has 0 aliphatic heterocycles. The Morgan fingerprint density at radius 1 is 1.14 bits per heavy atom. The molecule has 0 unspecified atom stereocenters. The SMILES string of the molecule is COc1ccc(/C(O)=C/C(=O)c2nnn(Cc3ccc(F)cc3)c2C)cc1OC. The molecule has 0 aliphatic rings. The Balaban J connectivity index is 1.81. The molecule has 8 heteroatoms. The first kappa shape index (κ1) is 20.1. The van der Waals surface area contributed by atoms with Gasteiger partial charge in [0.2, 0.25) is 5.78 Å². The van der Waals surface area contributed by atoms with Crippen molar-refractivity contribution < 1.29 is 23.8 Å². The summed E-state index contributed by atoms with van der Waals surface area (Å²) in [5.41, 5.74) is 1.88. The summed E-state index contributed by atoms with van der Waals surface area (Å²) in [6, 6.07) is 10.8. The number of benzene rings is 2. The number of aliphatic hydroxyl groups excluding tert-OH is 1. The standard InChI is InChI=1S/C21H20FN3O4/c1-13-21(23-24-25(13)12-14-4-7-16(22)8-5-14)18(27)11-17(26)15-6-9-19(28-2)20(10-15)29-3/h4-11,26H,12H2,1-3H3/b17-11-. The van der Waals surface area contributed by atoms with Crippen LogP contribution in [0, 0.1) is 12.7 Å². The zero-order valence-corrected chi connectivity index (χ0v) is 16.2. The van der Waals surface area contributed by atoms with E-state index in [9.17, 15) is 14.3 Å². The fraction of sp³-hybridized carbons (Fsp3) is 0.190. The second kappa shape index (κ2) is 8.55.